The highest BCUT2D eigenvalue weighted by molar-refractivity contribution is 5.99. The van der Waals surface area contributed by atoms with Crippen LogP contribution in [0, 0.1) is 11.2 Å². The van der Waals surface area contributed by atoms with Crippen LogP contribution in [-0.4, -0.2) is 30.9 Å². The molecule has 132 valence electrons. The number of carbonyl (C=O) groups excluding carboxylic acids is 2. The van der Waals surface area contributed by atoms with E-state index in [9.17, 15) is 14.0 Å². The molecule has 1 fully saturated rings. The van der Waals surface area contributed by atoms with Crippen molar-refractivity contribution in [2.24, 2.45) is 5.41 Å². The average molecular weight is 335 g/mol. The first-order valence-corrected chi connectivity index (χ1v) is 8.35. The molecule has 0 aliphatic carbocycles. The monoisotopic (exact) mass is 335 g/mol. The molecule has 24 heavy (non-hydrogen) atoms. The fourth-order valence-corrected chi connectivity index (χ4v) is 2.57. The van der Waals surface area contributed by atoms with Gasteiger partial charge >= 0.3 is 0 Å². The Morgan fingerprint density at radius 3 is 2.42 bits per heavy atom. The lowest BCUT2D eigenvalue weighted by Crippen LogP contribution is -2.46. The van der Waals surface area contributed by atoms with Crippen molar-refractivity contribution in [3.63, 3.8) is 0 Å². The molecule has 0 radical (unpaired) electrons. The maximum Gasteiger partial charge on any atom is 0.246 e. The molecule has 0 unspecified atom stereocenters. The minimum absolute atomic E-state index is 0.182. The number of para-hydroxylation sites is 1. The summed E-state index contributed by atoms with van der Waals surface area (Å²) in [6.07, 6.45) is 2.11. The third-order valence-corrected chi connectivity index (χ3v) is 4.11. The maximum atomic E-state index is 14.3. The summed E-state index contributed by atoms with van der Waals surface area (Å²) >= 11 is 0. The molecule has 2 rings (SSSR count). The first-order valence-electron chi connectivity index (χ1n) is 8.35. The number of amides is 2. The van der Waals surface area contributed by atoms with Crippen molar-refractivity contribution in [1.82, 2.24) is 5.32 Å². The second kappa shape index (κ2) is 7.20. The van der Waals surface area contributed by atoms with Gasteiger partial charge in [0.15, 0.2) is 0 Å². The lowest BCUT2D eigenvalue weighted by Gasteiger charge is -2.24. The molecule has 0 spiro atoms. The largest absolute Gasteiger partial charge is 0.370 e. The smallest absolute Gasteiger partial charge is 0.246 e. The van der Waals surface area contributed by atoms with E-state index in [1.807, 2.05) is 6.07 Å². The van der Waals surface area contributed by atoms with E-state index in [2.05, 4.69) is 15.5 Å². The summed E-state index contributed by atoms with van der Waals surface area (Å²) in [5.74, 6) is -1.13. The summed E-state index contributed by atoms with van der Waals surface area (Å²) in [6.45, 7) is 8.61. The Bertz CT molecular complexity index is 619. The summed E-state index contributed by atoms with van der Waals surface area (Å²) in [5.41, 5.74) is 0.282. The zero-order chi connectivity index (χ0) is 17.9. The second-order valence-corrected chi connectivity index (χ2v) is 7.26. The van der Waals surface area contributed by atoms with Gasteiger partial charge in [-0.05, 0) is 31.9 Å². The molecule has 1 heterocycles. The van der Waals surface area contributed by atoms with Gasteiger partial charge in [0, 0.05) is 18.5 Å². The summed E-state index contributed by atoms with van der Waals surface area (Å²) in [4.78, 5) is 26.5. The van der Waals surface area contributed by atoms with Gasteiger partial charge in [-0.2, -0.15) is 0 Å². The number of nitrogens with zero attached hydrogens (tertiary/aromatic N) is 1. The van der Waals surface area contributed by atoms with Crippen molar-refractivity contribution >= 4 is 23.2 Å². The fraction of sp³-hybridized carbons (Fsp3) is 0.556. The van der Waals surface area contributed by atoms with E-state index in [1.54, 1.807) is 33.8 Å². The van der Waals surface area contributed by atoms with Crippen molar-refractivity contribution in [1.29, 1.82) is 0 Å². The quantitative estimate of drug-likeness (QED) is 0.889. The molecule has 0 bridgehead atoms. The Kier molecular flexibility index (Phi) is 5.47. The van der Waals surface area contributed by atoms with Crippen molar-refractivity contribution in [3.8, 4) is 0 Å². The van der Waals surface area contributed by atoms with Crippen molar-refractivity contribution < 1.29 is 14.0 Å². The number of halogens is 1. The van der Waals surface area contributed by atoms with Gasteiger partial charge < -0.3 is 15.5 Å². The Labute approximate surface area is 142 Å². The number of hydrogen-bond acceptors (Lipinski definition) is 3. The van der Waals surface area contributed by atoms with Gasteiger partial charge in [-0.25, -0.2) is 4.39 Å². The van der Waals surface area contributed by atoms with Crippen molar-refractivity contribution in [3.05, 3.63) is 24.0 Å². The van der Waals surface area contributed by atoms with Crippen LogP contribution in [-0.2, 0) is 9.59 Å². The summed E-state index contributed by atoms with van der Waals surface area (Å²) in [7, 11) is 0. The number of hydrogen-bond donors (Lipinski definition) is 2. The Hall–Kier alpha value is -2.11. The molecule has 5 nitrogen and oxygen atoms in total. The molecule has 1 aromatic carbocycles. The zero-order valence-electron chi connectivity index (χ0n) is 14.8. The van der Waals surface area contributed by atoms with Crippen LogP contribution in [0.15, 0.2) is 18.2 Å². The van der Waals surface area contributed by atoms with Gasteiger partial charge in [0.25, 0.3) is 0 Å². The second-order valence-electron chi connectivity index (χ2n) is 7.26. The molecular weight excluding hydrogens is 309 g/mol. The Morgan fingerprint density at radius 1 is 1.21 bits per heavy atom. The van der Waals surface area contributed by atoms with E-state index in [1.165, 1.54) is 6.07 Å². The van der Waals surface area contributed by atoms with E-state index in [0.29, 0.717) is 5.69 Å². The van der Waals surface area contributed by atoms with Gasteiger partial charge in [-0.15, -0.1) is 0 Å². The summed E-state index contributed by atoms with van der Waals surface area (Å²) in [5, 5.41) is 5.30. The number of anilines is 2. The molecule has 2 N–H and O–H groups in total. The van der Waals surface area contributed by atoms with E-state index >= 15 is 0 Å². The normalized spacial score (nSPS) is 16.0. The zero-order valence-corrected chi connectivity index (χ0v) is 14.8. The fourth-order valence-electron chi connectivity index (χ4n) is 2.57. The van der Waals surface area contributed by atoms with Gasteiger partial charge in [-0.3, -0.25) is 9.59 Å². The molecule has 1 aliphatic heterocycles. The molecule has 1 aliphatic rings. The van der Waals surface area contributed by atoms with Gasteiger partial charge in [0.1, 0.15) is 17.5 Å². The molecular formula is C18H26FN3O2. The Balaban J connectivity index is 2.12. The minimum atomic E-state index is -0.747. The van der Waals surface area contributed by atoms with E-state index in [-0.39, 0.29) is 11.6 Å². The van der Waals surface area contributed by atoms with Crippen LogP contribution in [0.2, 0.25) is 0 Å². The Morgan fingerprint density at radius 2 is 1.83 bits per heavy atom. The van der Waals surface area contributed by atoms with E-state index < -0.39 is 23.2 Å². The SMILES string of the molecule is C[C@H](NC(=O)C(C)(C)C)C(=O)Nc1c(F)cccc1N1CCCC1. The van der Waals surface area contributed by atoms with Crippen LogP contribution in [0.3, 0.4) is 0 Å². The number of carbonyl (C=O) groups is 2. The van der Waals surface area contributed by atoms with E-state index in [4.69, 9.17) is 0 Å². The van der Waals surface area contributed by atoms with Gasteiger partial charge in [0.2, 0.25) is 11.8 Å². The number of rotatable bonds is 4. The van der Waals surface area contributed by atoms with Crippen LogP contribution in [0.4, 0.5) is 15.8 Å². The van der Waals surface area contributed by atoms with Crippen LogP contribution in [0.25, 0.3) is 0 Å². The molecule has 6 heteroatoms. The lowest BCUT2D eigenvalue weighted by molar-refractivity contribution is -0.131. The summed E-state index contributed by atoms with van der Waals surface area (Å²) in [6, 6.07) is 4.03. The van der Waals surface area contributed by atoms with E-state index in [0.717, 1.165) is 25.9 Å². The number of nitrogens with one attached hydrogen (secondary N) is 2. The number of benzene rings is 1. The van der Waals surface area contributed by atoms with Crippen LogP contribution in [0.5, 0.6) is 0 Å². The molecule has 2 amide bonds. The predicted molar refractivity (Wildman–Crippen MR) is 93.5 cm³/mol. The third kappa shape index (κ3) is 4.24. The summed E-state index contributed by atoms with van der Waals surface area (Å²) < 4.78 is 14.3. The maximum absolute atomic E-state index is 14.3. The molecule has 0 aromatic heterocycles. The standard InChI is InChI=1S/C18H26FN3O2/c1-12(20-17(24)18(2,3)4)16(23)21-15-13(19)8-7-9-14(15)22-10-5-6-11-22/h7-9,12H,5-6,10-11H2,1-4H3,(H,20,24)(H,21,23)/t12-/m0/s1. The minimum Gasteiger partial charge on any atom is -0.370 e. The van der Waals surface area contributed by atoms with Crippen LogP contribution in [0.1, 0.15) is 40.5 Å². The van der Waals surface area contributed by atoms with Crippen LogP contribution < -0.4 is 15.5 Å². The predicted octanol–water partition coefficient (Wildman–Crippen LogP) is 2.92. The highest BCUT2D eigenvalue weighted by Gasteiger charge is 2.26. The topological polar surface area (TPSA) is 61.4 Å². The van der Waals surface area contributed by atoms with Crippen molar-refractivity contribution in [2.75, 3.05) is 23.3 Å². The molecule has 1 saturated heterocycles. The van der Waals surface area contributed by atoms with Gasteiger partial charge in [0.05, 0.1) is 5.69 Å². The van der Waals surface area contributed by atoms with Gasteiger partial charge in [-0.1, -0.05) is 26.8 Å². The molecule has 1 atom stereocenters. The first kappa shape index (κ1) is 18.2. The third-order valence-electron chi connectivity index (χ3n) is 4.11. The molecule has 0 saturated carbocycles. The highest BCUT2D eigenvalue weighted by Crippen LogP contribution is 2.31. The lowest BCUT2D eigenvalue weighted by atomic mass is 9.95. The van der Waals surface area contributed by atoms with Crippen LogP contribution >= 0.6 is 0 Å². The van der Waals surface area contributed by atoms with Crippen molar-refractivity contribution in [2.45, 2.75) is 46.6 Å². The molecule has 1 aromatic rings. The highest BCUT2D eigenvalue weighted by atomic mass is 19.1. The average Bonchev–Trinajstić information content (AvgIpc) is 3.02. The first-order chi connectivity index (χ1) is 11.2.